The summed E-state index contributed by atoms with van der Waals surface area (Å²) in [5.74, 6) is 0. The number of nitro benzene ring substituents is 1. The summed E-state index contributed by atoms with van der Waals surface area (Å²) in [6.07, 6.45) is 3.18. The monoisotopic (exact) mass is 289 g/mol. The van der Waals surface area contributed by atoms with E-state index in [1.165, 1.54) is 6.07 Å². The van der Waals surface area contributed by atoms with Crippen LogP contribution in [0.5, 0.6) is 0 Å². The minimum atomic E-state index is -0.855. The number of likely N-dealkylation sites (N-methyl/N-ethyl adjacent to an activating group) is 1. The quantitative estimate of drug-likeness (QED) is 0.676. The highest BCUT2D eigenvalue weighted by molar-refractivity contribution is 5.99. The molecule has 2 rings (SSSR count). The number of benzene rings is 1. The maximum atomic E-state index is 11.1. The molecule has 0 bridgehead atoms. The number of fused-ring (bicyclic) bond motifs is 1. The van der Waals surface area contributed by atoms with E-state index in [0.29, 0.717) is 18.5 Å². The average molecular weight is 289 g/mol. The molecule has 21 heavy (non-hydrogen) atoms. The third kappa shape index (κ3) is 3.28. The van der Waals surface area contributed by atoms with Crippen molar-refractivity contribution in [3.63, 3.8) is 0 Å². The van der Waals surface area contributed by atoms with Gasteiger partial charge in [-0.2, -0.15) is 0 Å². The molecule has 0 aliphatic carbocycles. The summed E-state index contributed by atoms with van der Waals surface area (Å²) in [5.41, 5.74) is 0.0514. The van der Waals surface area contributed by atoms with Crippen LogP contribution in [0.1, 0.15) is 20.8 Å². The molecule has 6 nitrogen and oxygen atoms in total. The van der Waals surface area contributed by atoms with Gasteiger partial charge in [0.05, 0.1) is 15.9 Å². The lowest BCUT2D eigenvalue weighted by atomic mass is 10.1. The van der Waals surface area contributed by atoms with Gasteiger partial charge in [-0.3, -0.25) is 15.1 Å². The molecule has 0 spiro atoms. The number of nitro groups is 1. The Hall–Kier alpha value is -2.21. The van der Waals surface area contributed by atoms with Gasteiger partial charge < -0.3 is 10.0 Å². The van der Waals surface area contributed by atoms with E-state index in [0.717, 1.165) is 11.1 Å². The molecule has 0 atom stereocenters. The lowest BCUT2D eigenvalue weighted by Crippen LogP contribution is -2.38. The molecule has 6 heteroatoms. The SMILES string of the molecule is CCN(CC(C)(C)O)c1ccc([N+](=O)[O-])c2ccncc12. The summed E-state index contributed by atoms with van der Waals surface area (Å²) in [6.45, 7) is 6.58. The number of anilines is 1. The van der Waals surface area contributed by atoms with E-state index in [4.69, 9.17) is 0 Å². The van der Waals surface area contributed by atoms with Crippen molar-refractivity contribution in [2.24, 2.45) is 0 Å². The van der Waals surface area contributed by atoms with Gasteiger partial charge in [-0.05, 0) is 32.9 Å². The number of hydrogen-bond donors (Lipinski definition) is 1. The second kappa shape index (κ2) is 5.65. The zero-order valence-corrected chi connectivity index (χ0v) is 12.4. The molecule has 1 aromatic carbocycles. The fourth-order valence-electron chi connectivity index (χ4n) is 2.43. The Morgan fingerprint density at radius 2 is 2.05 bits per heavy atom. The number of aliphatic hydroxyl groups is 1. The van der Waals surface area contributed by atoms with Crippen molar-refractivity contribution in [3.05, 3.63) is 40.7 Å². The fourth-order valence-corrected chi connectivity index (χ4v) is 2.43. The van der Waals surface area contributed by atoms with Crippen LogP contribution in [0.15, 0.2) is 30.6 Å². The zero-order valence-electron chi connectivity index (χ0n) is 12.4. The lowest BCUT2D eigenvalue weighted by molar-refractivity contribution is -0.383. The van der Waals surface area contributed by atoms with Crippen LogP contribution in [0.2, 0.25) is 0 Å². The van der Waals surface area contributed by atoms with Gasteiger partial charge >= 0.3 is 0 Å². The minimum absolute atomic E-state index is 0.0652. The van der Waals surface area contributed by atoms with Gasteiger partial charge in [0, 0.05) is 42.6 Å². The molecule has 2 aromatic rings. The predicted molar refractivity (Wildman–Crippen MR) is 82.6 cm³/mol. The fraction of sp³-hybridized carbons (Fsp3) is 0.400. The Balaban J connectivity index is 2.59. The molecule has 0 amide bonds. The molecule has 0 radical (unpaired) electrons. The van der Waals surface area contributed by atoms with Crippen LogP contribution in [0.25, 0.3) is 10.8 Å². The molecule has 0 saturated carbocycles. The molecule has 1 heterocycles. The van der Waals surface area contributed by atoms with Crippen LogP contribution in [-0.2, 0) is 0 Å². The highest BCUT2D eigenvalue weighted by Gasteiger charge is 2.21. The summed E-state index contributed by atoms with van der Waals surface area (Å²) < 4.78 is 0. The van der Waals surface area contributed by atoms with E-state index in [1.54, 1.807) is 38.4 Å². The standard InChI is InChI=1S/C15H19N3O3/c1-4-17(10-15(2,3)19)13-5-6-14(18(20)21)11-7-8-16-9-12(11)13/h5-9,19H,4,10H2,1-3H3. The molecule has 0 aliphatic rings. The Morgan fingerprint density at radius 3 is 2.62 bits per heavy atom. The Bertz CT molecular complexity index is 665. The van der Waals surface area contributed by atoms with Gasteiger partial charge in [-0.25, -0.2) is 0 Å². The van der Waals surface area contributed by atoms with E-state index in [2.05, 4.69) is 4.98 Å². The van der Waals surface area contributed by atoms with Crippen molar-refractivity contribution < 1.29 is 10.0 Å². The van der Waals surface area contributed by atoms with Gasteiger partial charge in [0.2, 0.25) is 0 Å². The highest BCUT2D eigenvalue weighted by atomic mass is 16.6. The van der Waals surface area contributed by atoms with Gasteiger partial charge in [-0.1, -0.05) is 0 Å². The van der Waals surface area contributed by atoms with Crippen LogP contribution in [-0.4, -0.2) is 33.7 Å². The summed E-state index contributed by atoms with van der Waals surface area (Å²) in [7, 11) is 0. The first kappa shape index (κ1) is 15.2. The van der Waals surface area contributed by atoms with Crippen molar-refractivity contribution in [1.82, 2.24) is 4.98 Å². The first-order chi connectivity index (χ1) is 9.83. The smallest absolute Gasteiger partial charge is 0.277 e. The predicted octanol–water partition coefficient (Wildman–Crippen LogP) is 2.74. The number of hydrogen-bond acceptors (Lipinski definition) is 5. The number of rotatable bonds is 5. The van der Waals surface area contributed by atoms with Crippen LogP contribution < -0.4 is 4.90 Å². The van der Waals surface area contributed by atoms with Crippen molar-refractivity contribution in [2.45, 2.75) is 26.4 Å². The third-order valence-corrected chi connectivity index (χ3v) is 3.27. The van der Waals surface area contributed by atoms with Crippen LogP contribution >= 0.6 is 0 Å². The summed E-state index contributed by atoms with van der Waals surface area (Å²) in [5, 5.41) is 22.4. The molecule has 1 aromatic heterocycles. The maximum Gasteiger partial charge on any atom is 0.277 e. The molecular weight excluding hydrogens is 270 g/mol. The molecule has 0 aliphatic heterocycles. The Kier molecular flexibility index (Phi) is 4.09. The van der Waals surface area contributed by atoms with Crippen molar-refractivity contribution in [3.8, 4) is 0 Å². The van der Waals surface area contributed by atoms with Crippen molar-refractivity contribution >= 4 is 22.1 Å². The maximum absolute atomic E-state index is 11.1. The van der Waals surface area contributed by atoms with E-state index in [-0.39, 0.29) is 5.69 Å². The van der Waals surface area contributed by atoms with Gasteiger partial charge in [0.15, 0.2) is 0 Å². The van der Waals surface area contributed by atoms with Gasteiger partial charge in [0.25, 0.3) is 5.69 Å². The number of nitrogens with zero attached hydrogens (tertiary/aromatic N) is 3. The van der Waals surface area contributed by atoms with E-state index >= 15 is 0 Å². The van der Waals surface area contributed by atoms with E-state index < -0.39 is 10.5 Å². The third-order valence-electron chi connectivity index (χ3n) is 3.27. The second-order valence-electron chi connectivity index (χ2n) is 5.61. The van der Waals surface area contributed by atoms with Crippen molar-refractivity contribution in [2.75, 3.05) is 18.0 Å². The first-order valence-corrected chi connectivity index (χ1v) is 6.82. The lowest BCUT2D eigenvalue weighted by Gasteiger charge is -2.30. The molecule has 0 unspecified atom stereocenters. The molecule has 1 N–H and O–H groups in total. The summed E-state index contributed by atoms with van der Waals surface area (Å²) >= 11 is 0. The largest absolute Gasteiger partial charge is 0.389 e. The van der Waals surface area contributed by atoms with Gasteiger partial charge in [-0.15, -0.1) is 0 Å². The number of non-ortho nitro benzene ring substituents is 1. The Labute approximate surface area is 123 Å². The average Bonchev–Trinajstić information content (AvgIpc) is 2.42. The van der Waals surface area contributed by atoms with E-state index in [1.807, 2.05) is 11.8 Å². The normalized spacial score (nSPS) is 11.6. The minimum Gasteiger partial charge on any atom is -0.389 e. The summed E-state index contributed by atoms with van der Waals surface area (Å²) in [6, 6.07) is 4.87. The van der Waals surface area contributed by atoms with Crippen LogP contribution in [0.3, 0.4) is 0 Å². The number of aromatic nitrogens is 1. The topological polar surface area (TPSA) is 79.5 Å². The van der Waals surface area contributed by atoms with Crippen LogP contribution in [0.4, 0.5) is 11.4 Å². The molecular formula is C15H19N3O3. The molecule has 0 saturated heterocycles. The van der Waals surface area contributed by atoms with Crippen LogP contribution in [0, 0.1) is 10.1 Å². The summed E-state index contributed by atoms with van der Waals surface area (Å²) in [4.78, 5) is 16.8. The van der Waals surface area contributed by atoms with E-state index in [9.17, 15) is 15.2 Å². The zero-order chi connectivity index (χ0) is 15.6. The highest BCUT2D eigenvalue weighted by Crippen LogP contribution is 2.33. The molecule has 112 valence electrons. The molecule has 0 fully saturated rings. The number of pyridine rings is 1. The first-order valence-electron chi connectivity index (χ1n) is 6.82. The van der Waals surface area contributed by atoms with Crippen molar-refractivity contribution in [1.29, 1.82) is 0 Å². The Morgan fingerprint density at radius 1 is 1.33 bits per heavy atom. The van der Waals surface area contributed by atoms with Gasteiger partial charge in [0.1, 0.15) is 0 Å². The second-order valence-corrected chi connectivity index (χ2v) is 5.61.